The van der Waals surface area contributed by atoms with Crippen LogP contribution in [0.4, 0.5) is 37.7 Å². The number of hydrogen-bond donors (Lipinski definition) is 1. The second kappa shape index (κ2) is 7.68. The number of nitrogens with one attached hydrogen (secondary N) is 1. The van der Waals surface area contributed by atoms with Gasteiger partial charge in [0.25, 0.3) is 0 Å². The number of carbonyl (C=O) groups is 2. The number of nitrogens with zero attached hydrogens (tertiary/aromatic N) is 1. The summed E-state index contributed by atoms with van der Waals surface area (Å²) in [6, 6.07) is 5.06. The van der Waals surface area contributed by atoms with Crippen LogP contribution in [-0.2, 0) is 15.8 Å². The molecule has 144 valence electrons. The number of alkyl halides is 3. The summed E-state index contributed by atoms with van der Waals surface area (Å²) in [6.07, 6.45) is -4.66. The van der Waals surface area contributed by atoms with Gasteiger partial charge >= 0.3 is 6.18 Å². The minimum absolute atomic E-state index is 0.210. The summed E-state index contributed by atoms with van der Waals surface area (Å²) in [5.74, 6) is -6.67. The molecule has 2 aromatic carbocycles. The molecule has 0 atom stereocenters. The molecule has 10 heteroatoms. The number of benzene rings is 2. The lowest BCUT2D eigenvalue weighted by atomic mass is 10.1. The average molecular weight is 390 g/mol. The molecule has 0 aromatic heterocycles. The Labute approximate surface area is 149 Å². The first-order chi connectivity index (χ1) is 12.5. The zero-order valence-corrected chi connectivity index (χ0v) is 13.7. The number of amides is 2. The van der Waals surface area contributed by atoms with Gasteiger partial charge in [-0.2, -0.15) is 13.2 Å². The summed E-state index contributed by atoms with van der Waals surface area (Å²) in [5.41, 5.74) is -1.91. The van der Waals surface area contributed by atoms with Gasteiger partial charge in [0.05, 0.1) is 11.3 Å². The Morgan fingerprint density at radius 1 is 1.04 bits per heavy atom. The number of hydrogen-bond acceptors (Lipinski definition) is 2. The highest BCUT2D eigenvalue weighted by Crippen LogP contribution is 2.31. The van der Waals surface area contributed by atoms with Crippen LogP contribution in [0.1, 0.15) is 12.5 Å². The van der Waals surface area contributed by atoms with Crippen molar-refractivity contribution in [3.05, 3.63) is 59.4 Å². The van der Waals surface area contributed by atoms with Crippen LogP contribution in [0.25, 0.3) is 0 Å². The van der Waals surface area contributed by atoms with E-state index < -0.39 is 53.2 Å². The van der Waals surface area contributed by atoms with Crippen molar-refractivity contribution >= 4 is 23.2 Å². The van der Waals surface area contributed by atoms with Gasteiger partial charge in [0.2, 0.25) is 11.8 Å². The van der Waals surface area contributed by atoms with E-state index in [0.29, 0.717) is 12.1 Å². The highest BCUT2D eigenvalue weighted by atomic mass is 19.4. The molecule has 0 aliphatic carbocycles. The van der Waals surface area contributed by atoms with E-state index in [4.69, 9.17) is 0 Å². The van der Waals surface area contributed by atoms with Gasteiger partial charge in [0, 0.05) is 12.6 Å². The third-order valence-corrected chi connectivity index (χ3v) is 3.48. The molecule has 4 nitrogen and oxygen atoms in total. The molecule has 27 heavy (non-hydrogen) atoms. The van der Waals surface area contributed by atoms with Crippen molar-refractivity contribution < 1.29 is 35.9 Å². The van der Waals surface area contributed by atoms with E-state index in [-0.39, 0.29) is 5.69 Å². The van der Waals surface area contributed by atoms with Gasteiger partial charge in [-0.15, -0.1) is 0 Å². The van der Waals surface area contributed by atoms with Crippen molar-refractivity contribution in [2.24, 2.45) is 0 Å². The summed E-state index contributed by atoms with van der Waals surface area (Å²) in [4.78, 5) is 24.5. The maximum absolute atomic E-state index is 13.6. The largest absolute Gasteiger partial charge is 0.416 e. The normalized spacial score (nSPS) is 11.2. The summed E-state index contributed by atoms with van der Waals surface area (Å²) in [5, 5.41) is 1.94. The highest BCUT2D eigenvalue weighted by Gasteiger charge is 2.31. The zero-order valence-electron chi connectivity index (χ0n) is 13.7. The fourth-order valence-electron chi connectivity index (χ4n) is 2.19. The first kappa shape index (κ1) is 20.3. The zero-order chi connectivity index (χ0) is 20.4. The smallest absolute Gasteiger partial charge is 0.322 e. The summed E-state index contributed by atoms with van der Waals surface area (Å²) >= 11 is 0. The molecule has 2 amide bonds. The number of halogens is 6. The average Bonchev–Trinajstić information content (AvgIpc) is 2.59. The van der Waals surface area contributed by atoms with Crippen LogP contribution in [0.15, 0.2) is 36.4 Å². The molecule has 0 saturated heterocycles. The van der Waals surface area contributed by atoms with Gasteiger partial charge in [-0.1, -0.05) is 6.07 Å². The maximum Gasteiger partial charge on any atom is 0.416 e. The van der Waals surface area contributed by atoms with E-state index in [1.54, 1.807) is 0 Å². The molecule has 0 spiro atoms. The fourth-order valence-corrected chi connectivity index (χ4v) is 2.19. The van der Waals surface area contributed by atoms with Crippen LogP contribution in [0.2, 0.25) is 0 Å². The molecule has 2 rings (SSSR count). The Morgan fingerprint density at radius 2 is 1.70 bits per heavy atom. The van der Waals surface area contributed by atoms with Crippen molar-refractivity contribution in [3.8, 4) is 0 Å². The van der Waals surface area contributed by atoms with Crippen molar-refractivity contribution in [2.45, 2.75) is 13.1 Å². The molecule has 2 aromatic rings. The van der Waals surface area contributed by atoms with Gasteiger partial charge in [0.1, 0.15) is 6.54 Å². The molecule has 0 saturated carbocycles. The Balaban J connectivity index is 2.23. The lowest BCUT2D eigenvalue weighted by Crippen LogP contribution is -2.37. The van der Waals surface area contributed by atoms with E-state index in [1.165, 1.54) is 6.07 Å². The number of anilines is 2. The first-order valence-electron chi connectivity index (χ1n) is 7.39. The number of carbonyl (C=O) groups excluding carboxylic acids is 2. The quantitative estimate of drug-likeness (QED) is 0.631. The van der Waals surface area contributed by atoms with Crippen LogP contribution >= 0.6 is 0 Å². The second-order valence-electron chi connectivity index (χ2n) is 5.42. The van der Waals surface area contributed by atoms with Crippen LogP contribution in [0.5, 0.6) is 0 Å². The molecule has 1 N–H and O–H groups in total. The van der Waals surface area contributed by atoms with Crippen molar-refractivity contribution in [2.75, 3.05) is 16.8 Å². The lowest BCUT2D eigenvalue weighted by Gasteiger charge is -2.22. The highest BCUT2D eigenvalue weighted by molar-refractivity contribution is 6.01. The minimum atomic E-state index is -4.66. The molecule has 0 heterocycles. The molecular formula is C17H12F6N2O2. The Morgan fingerprint density at radius 3 is 2.30 bits per heavy atom. The summed E-state index contributed by atoms with van der Waals surface area (Å²) in [7, 11) is 0. The lowest BCUT2D eigenvalue weighted by molar-refractivity contribution is -0.137. The Kier molecular flexibility index (Phi) is 5.77. The maximum atomic E-state index is 13.6. The molecule has 0 fully saturated rings. The molecule has 0 radical (unpaired) electrons. The molecular weight excluding hydrogens is 378 g/mol. The van der Waals surface area contributed by atoms with E-state index in [9.17, 15) is 35.9 Å². The monoisotopic (exact) mass is 390 g/mol. The van der Waals surface area contributed by atoms with Gasteiger partial charge in [-0.25, -0.2) is 13.2 Å². The van der Waals surface area contributed by atoms with Crippen LogP contribution in [0.3, 0.4) is 0 Å². The Hall–Kier alpha value is -3.04. The first-order valence-corrected chi connectivity index (χ1v) is 7.39. The van der Waals surface area contributed by atoms with E-state index >= 15 is 0 Å². The summed E-state index contributed by atoms with van der Waals surface area (Å²) in [6.45, 7) is 0.251. The SMILES string of the molecule is CC(=O)N(CC(=O)Nc1ccc(F)c(F)c1F)c1cccc(C(F)(F)F)c1. The van der Waals surface area contributed by atoms with Crippen molar-refractivity contribution in [1.82, 2.24) is 0 Å². The molecule has 0 unspecified atom stereocenters. The van der Waals surface area contributed by atoms with Crippen molar-refractivity contribution in [1.29, 1.82) is 0 Å². The molecule has 0 aliphatic heterocycles. The van der Waals surface area contributed by atoms with Crippen molar-refractivity contribution in [3.63, 3.8) is 0 Å². The van der Waals surface area contributed by atoms with Gasteiger partial charge in [-0.05, 0) is 30.3 Å². The van der Waals surface area contributed by atoms with E-state index in [1.807, 2.05) is 5.32 Å². The fraction of sp³-hybridized carbons (Fsp3) is 0.176. The van der Waals surface area contributed by atoms with Crippen LogP contribution in [0, 0.1) is 17.5 Å². The van der Waals surface area contributed by atoms with Gasteiger partial charge in [-0.3, -0.25) is 9.59 Å². The predicted molar refractivity (Wildman–Crippen MR) is 84.4 cm³/mol. The topological polar surface area (TPSA) is 49.4 Å². The summed E-state index contributed by atoms with van der Waals surface area (Å²) < 4.78 is 78.1. The molecule has 0 aliphatic rings. The standard InChI is InChI=1S/C17H12F6N2O2/c1-9(26)25(11-4-2-3-10(7-11)17(21,22)23)8-14(27)24-13-6-5-12(18)15(19)16(13)20/h2-7H,8H2,1H3,(H,24,27). The predicted octanol–water partition coefficient (Wildman–Crippen LogP) is 4.11. The minimum Gasteiger partial charge on any atom is -0.322 e. The van der Waals surface area contributed by atoms with Gasteiger partial charge in [0.15, 0.2) is 17.5 Å². The van der Waals surface area contributed by atoms with Gasteiger partial charge < -0.3 is 10.2 Å². The number of rotatable bonds is 4. The third-order valence-electron chi connectivity index (χ3n) is 3.48. The van der Waals surface area contributed by atoms with E-state index in [0.717, 1.165) is 30.0 Å². The third kappa shape index (κ3) is 4.78. The molecule has 0 bridgehead atoms. The van der Waals surface area contributed by atoms with Crippen LogP contribution in [-0.4, -0.2) is 18.4 Å². The van der Waals surface area contributed by atoms with E-state index in [2.05, 4.69) is 0 Å². The van der Waals surface area contributed by atoms with Crippen LogP contribution < -0.4 is 10.2 Å². The second-order valence-corrected chi connectivity index (χ2v) is 5.42. The Bertz CT molecular complexity index is 882.